The molecule has 0 unspecified atom stereocenters. The zero-order valence-electron chi connectivity index (χ0n) is 13.4. The maximum Gasteiger partial charge on any atom is 0.254 e. The number of H-pyrrole nitrogens is 1. The van der Waals surface area contributed by atoms with E-state index in [0.29, 0.717) is 23.0 Å². The van der Waals surface area contributed by atoms with Gasteiger partial charge in [0.1, 0.15) is 0 Å². The molecule has 2 heterocycles. The number of nitrogens with zero attached hydrogens (tertiary/aromatic N) is 1. The molecule has 1 aliphatic heterocycles. The van der Waals surface area contributed by atoms with Crippen LogP contribution in [0.2, 0.25) is 0 Å². The first kappa shape index (κ1) is 16.9. The summed E-state index contributed by atoms with van der Waals surface area (Å²) in [5.74, 6) is 1.58. The van der Waals surface area contributed by atoms with Crippen LogP contribution in [0.3, 0.4) is 0 Å². The third-order valence-electron chi connectivity index (χ3n) is 4.00. The minimum atomic E-state index is -0.742. The predicted octanol–water partition coefficient (Wildman–Crippen LogP) is 1.56. The highest BCUT2D eigenvalue weighted by Crippen LogP contribution is 2.17. The van der Waals surface area contributed by atoms with E-state index >= 15 is 0 Å². The summed E-state index contributed by atoms with van der Waals surface area (Å²) in [4.78, 5) is 28.9. The van der Waals surface area contributed by atoms with Gasteiger partial charge in [0.2, 0.25) is 5.56 Å². The van der Waals surface area contributed by atoms with Crippen molar-refractivity contribution in [1.29, 1.82) is 0 Å². The Balaban J connectivity index is 2.16. The highest BCUT2D eigenvalue weighted by molar-refractivity contribution is 7.85. The summed E-state index contributed by atoms with van der Waals surface area (Å²) in [6, 6.07) is 3.25. The highest BCUT2D eigenvalue weighted by Gasteiger charge is 2.25. The lowest BCUT2D eigenvalue weighted by Crippen LogP contribution is -2.41. The summed E-state index contributed by atoms with van der Waals surface area (Å²) in [5.41, 5.74) is 0.997. The number of carbonyl (C=O) groups is 1. The van der Waals surface area contributed by atoms with E-state index in [1.807, 2.05) is 0 Å². The van der Waals surface area contributed by atoms with Gasteiger partial charge in [0, 0.05) is 52.7 Å². The molecular formula is C16H24N2O3S. The van der Waals surface area contributed by atoms with Gasteiger partial charge >= 0.3 is 0 Å². The quantitative estimate of drug-likeness (QED) is 0.913. The topological polar surface area (TPSA) is 70.2 Å². The minimum Gasteiger partial charge on any atom is -0.339 e. The van der Waals surface area contributed by atoms with E-state index in [4.69, 9.17) is 0 Å². The molecule has 22 heavy (non-hydrogen) atoms. The Kier molecular flexibility index (Phi) is 5.56. The molecule has 6 heteroatoms. The fraction of sp³-hybridized carbons (Fsp3) is 0.625. The lowest BCUT2D eigenvalue weighted by molar-refractivity contribution is 0.0722. The van der Waals surface area contributed by atoms with Crippen molar-refractivity contribution in [3.05, 3.63) is 33.7 Å². The summed E-state index contributed by atoms with van der Waals surface area (Å²) in [7, 11) is 1.03. The Morgan fingerprint density at radius 2 is 2.00 bits per heavy atom. The maximum atomic E-state index is 12.6. The van der Waals surface area contributed by atoms with Crippen LogP contribution in [0, 0.1) is 5.92 Å². The van der Waals surface area contributed by atoms with Crippen LogP contribution in [-0.2, 0) is 17.2 Å². The van der Waals surface area contributed by atoms with Gasteiger partial charge in [-0.1, -0.05) is 13.8 Å². The van der Waals surface area contributed by atoms with Gasteiger partial charge < -0.3 is 9.88 Å². The normalized spacial score (nSPS) is 21.8. The molecule has 1 aliphatic rings. The van der Waals surface area contributed by atoms with Gasteiger partial charge in [-0.15, -0.1) is 0 Å². The van der Waals surface area contributed by atoms with Gasteiger partial charge in [-0.3, -0.25) is 13.8 Å². The summed E-state index contributed by atoms with van der Waals surface area (Å²) in [5, 5.41) is 0. The van der Waals surface area contributed by atoms with Crippen molar-refractivity contribution in [1.82, 2.24) is 9.88 Å². The second-order valence-corrected chi connectivity index (χ2v) is 8.05. The zero-order chi connectivity index (χ0) is 16.3. The molecule has 1 N–H and O–H groups in total. The van der Waals surface area contributed by atoms with E-state index in [-0.39, 0.29) is 17.5 Å². The van der Waals surface area contributed by atoms with E-state index in [1.54, 1.807) is 18.0 Å². The summed E-state index contributed by atoms with van der Waals surface area (Å²) in [6.07, 6.45) is 2.26. The Morgan fingerprint density at radius 3 is 2.59 bits per heavy atom. The number of nitrogens with one attached hydrogen (secondary N) is 1. The first-order valence-electron chi connectivity index (χ1n) is 7.72. The average Bonchev–Trinajstić information content (AvgIpc) is 2.45. The van der Waals surface area contributed by atoms with Crippen LogP contribution >= 0.6 is 0 Å². The van der Waals surface area contributed by atoms with E-state index < -0.39 is 10.8 Å². The molecule has 0 radical (unpaired) electrons. The molecular weight excluding hydrogens is 300 g/mol. The third-order valence-corrected chi connectivity index (χ3v) is 5.38. The number of pyridine rings is 1. The molecule has 5 nitrogen and oxygen atoms in total. The van der Waals surface area contributed by atoms with Crippen molar-refractivity contribution >= 4 is 16.7 Å². The first-order chi connectivity index (χ1) is 10.4. The molecule has 0 atom stereocenters. The second kappa shape index (κ2) is 7.22. The SMILES string of the molecule is CC(C)Cc1cc(C(=O)N(C)C2CCS(=O)CC2)cc(=O)[nH]1. The molecule has 1 aromatic rings. The van der Waals surface area contributed by atoms with E-state index in [9.17, 15) is 13.8 Å². The molecule has 1 saturated heterocycles. The second-order valence-electron chi connectivity index (χ2n) is 6.35. The van der Waals surface area contributed by atoms with Gasteiger partial charge in [0.15, 0.2) is 0 Å². The molecule has 0 aromatic carbocycles. The number of carbonyl (C=O) groups excluding carboxylic acids is 1. The number of aromatic nitrogens is 1. The number of hydrogen-bond acceptors (Lipinski definition) is 3. The van der Waals surface area contributed by atoms with Crippen LogP contribution in [0.15, 0.2) is 16.9 Å². The average molecular weight is 324 g/mol. The van der Waals surface area contributed by atoms with Crippen LogP contribution in [0.1, 0.15) is 42.7 Å². The van der Waals surface area contributed by atoms with Crippen molar-refractivity contribution in [3.8, 4) is 0 Å². The van der Waals surface area contributed by atoms with Crippen molar-refractivity contribution in [3.63, 3.8) is 0 Å². The Hall–Kier alpha value is -1.43. The van der Waals surface area contributed by atoms with Crippen molar-refractivity contribution in [2.45, 2.75) is 39.2 Å². The van der Waals surface area contributed by atoms with Gasteiger partial charge in [-0.25, -0.2) is 0 Å². The van der Waals surface area contributed by atoms with E-state index in [0.717, 1.165) is 25.0 Å². The molecule has 1 amide bonds. The monoisotopic (exact) mass is 324 g/mol. The Bertz CT molecular complexity index is 614. The van der Waals surface area contributed by atoms with Crippen LogP contribution in [0.5, 0.6) is 0 Å². The van der Waals surface area contributed by atoms with Crippen LogP contribution in [0.25, 0.3) is 0 Å². The molecule has 122 valence electrons. The summed E-state index contributed by atoms with van der Waals surface area (Å²) in [6.45, 7) is 4.14. The van der Waals surface area contributed by atoms with Crippen LogP contribution < -0.4 is 5.56 Å². The fourth-order valence-electron chi connectivity index (χ4n) is 2.81. The molecule has 1 fully saturated rings. The smallest absolute Gasteiger partial charge is 0.254 e. The largest absolute Gasteiger partial charge is 0.339 e. The Labute approximate surface area is 133 Å². The van der Waals surface area contributed by atoms with E-state index in [2.05, 4.69) is 18.8 Å². The minimum absolute atomic E-state index is 0.109. The van der Waals surface area contributed by atoms with Crippen molar-refractivity contribution in [2.75, 3.05) is 18.6 Å². The van der Waals surface area contributed by atoms with Gasteiger partial charge in [0.25, 0.3) is 5.91 Å². The standard InChI is InChI=1S/C16H24N2O3S/c1-11(2)8-13-9-12(10-15(19)17-13)16(20)18(3)14-4-6-22(21)7-5-14/h9-11,14H,4-8H2,1-3H3,(H,17,19). The summed E-state index contributed by atoms with van der Waals surface area (Å²) < 4.78 is 11.4. The zero-order valence-corrected chi connectivity index (χ0v) is 14.2. The number of rotatable bonds is 4. The third kappa shape index (κ3) is 4.29. The maximum absolute atomic E-state index is 12.6. The van der Waals surface area contributed by atoms with Gasteiger partial charge in [-0.2, -0.15) is 0 Å². The molecule has 1 aromatic heterocycles. The number of hydrogen-bond donors (Lipinski definition) is 1. The van der Waals surface area contributed by atoms with Crippen LogP contribution in [-0.4, -0.2) is 44.6 Å². The lowest BCUT2D eigenvalue weighted by atomic mass is 10.0. The number of aromatic amines is 1. The first-order valence-corrected chi connectivity index (χ1v) is 9.21. The molecule has 0 bridgehead atoms. The van der Waals surface area contributed by atoms with E-state index in [1.165, 1.54) is 6.07 Å². The van der Waals surface area contributed by atoms with Gasteiger partial charge in [0.05, 0.1) is 0 Å². The predicted molar refractivity (Wildman–Crippen MR) is 88.6 cm³/mol. The fourth-order valence-corrected chi connectivity index (χ4v) is 4.09. The van der Waals surface area contributed by atoms with Crippen LogP contribution in [0.4, 0.5) is 0 Å². The van der Waals surface area contributed by atoms with Gasteiger partial charge in [-0.05, 0) is 31.2 Å². The lowest BCUT2D eigenvalue weighted by Gasteiger charge is -2.31. The van der Waals surface area contributed by atoms with Crippen molar-refractivity contribution < 1.29 is 9.00 Å². The number of amides is 1. The molecule has 0 aliphatic carbocycles. The summed E-state index contributed by atoms with van der Waals surface area (Å²) >= 11 is 0. The molecule has 0 saturated carbocycles. The Morgan fingerprint density at radius 1 is 1.36 bits per heavy atom. The molecule has 0 spiro atoms. The highest BCUT2D eigenvalue weighted by atomic mass is 32.2. The van der Waals surface area contributed by atoms with Crippen molar-refractivity contribution in [2.24, 2.45) is 5.92 Å². The molecule has 2 rings (SSSR count).